The second-order valence-electron chi connectivity index (χ2n) is 6.95. The topological polar surface area (TPSA) is 46.1 Å². The molecule has 1 aliphatic carbocycles. The van der Waals surface area contributed by atoms with Gasteiger partial charge in [0.15, 0.2) is 0 Å². The van der Waals surface area contributed by atoms with Crippen molar-refractivity contribution in [3.63, 3.8) is 0 Å². The predicted octanol–water partition coefficient (Wildman–Crippen LogP) is 4.25. The summed E-state index contributed by atoms with van der Waals surface area (Å²) < 4.78 is 0. The molecule has 1 unspecified atom stereocenters. The van der Waals surface area contributed by atoms with Crippen LogP contribution in [0.3, 0.4) is 0 Å². The normalized spacial score (nSPS) is 18.3. The zero-order valence-corrected chi connectivity index (χ0v) is 16.2. The Morgan fingerprint density at radius 3 is 3.12 bits per heavy atom. The van der Waals surface area contributed by atoms with Crippen LogP contribution in [0.4, 0.5) is 5.69 Å². The highest BCUT2D eigenvalue weighted by Gasteiger charge is 2.30. The van der Waals surface area contributed by atoms with E-state index in [-0.39, 0.29) is 11.9 Å². The molecule has 2 aliphatic rings. The number of carbonyl (C=O) groups excluding carboxylic acids is 1. The average molecular weight is 382 g/mol. The Kier molecular flexibility index (Phi) is 3.98. The minimum atomic E-state index is 0.158. The Hall–Kier alpha value is -1.92. The number of aryl methyl sites for hydroxylation is 2. The van der Waals surface area contributed by atoms with Crippen LogP contribution >= 0.6 is 23.1 Å². The Balaban J connectivity index is 1.40. The summed E-state index contributed by atoms with van der Waals surface area (Å²) in [7, 11) is 0. The standard InChI is InChI=1S/C20H19N3OS2/c1-12-9-13-5-2-3-7-15(13)23(12)17(24)10-25-19-18-14-6-4-8-16(14)26-20(18)22-11-21-19/h2-3,5,7,11-12H,4,6,8-10H2,1H3. The van der Waals surface area contributed by atoms with Crippen molar-refractivity contribution in [2.24, 2.45) is 0 Å². The van der Waals surface area contributed by atoms with E-state index in [1.165, 1.54) is 27.8 Å². The first-order valence-corrected chi connectivity index (χ1v) is 10.8. The molecule has 6 heteroatoms. The van der Waals surface area contributed by atoms with Gasteiger partial charge in [-0.1, -0.05) is 30.0 Å². The smallest absolute Gasteiger partial charge is 0.237 e. The van der Waals surface area contributed by atoms with Gasteiger partial charge < -0.3 is 4.90 Å². The Labute approximate surface area is 160 Å². The number of hydrogen-bond donors (Lipinski definition) is 0. The molecule has 0 fully saturated rings. The van der Waals surface area contributed by atoms with Gasteiger partial charge in [-0.05, 0) is 49.8 Å². The molecule has 0 N–H and O–H groups in total. The fraction of sp³-hybridized carbons (Fsp3) is 0.350. The number of thioether (sulfide) groups is 1. The van der Waals surface area contributed by atoms with Crippen molar-refractivity contribution in [3.05, 3.63) is 46.6 Å². The van der Waals surface area contributed by atoms with Crippen LogP contribution in [0, 0.1) is 0 Å². The highest BCUT2D eigenvalue weighted by Crippen LogP contribution is 2.40. The summed E-state index contributed by atoms with van der Waals surface area (Å²) in [5.41, 5.74) is 3.74. The zero-order valence-electron chi connectivity index (χ0n) is 14.6. The monoisotopic (exact) mass is 381 g/mol. The number of amides is 1. The van der Waals surface area contributed by atoms with E-state index in [1.54, 1.807) is 29.4 Å². The third-order valence-corrected chi connectivity index (χ3v) is 7.45. The van der Waals surface area contributed by atoms with E-state index < -0.39 is 0 Å². The maximum Gasteiger partial charge on any atom is 0.237 e. The van der Waals surface area contributed by atoms with Gasteiger partial charge in [-0.25, -0.2) is 9.97 Å². The van der Waals surface area contributed by atoms with Crippen LogP contribution in [0.2, 0.25) is 0 Å². The summed E-state index contributed by atoms with van der Waals surface area (Å²) in [6.07, 6.45) is 6.05. The van der Waals surface area contributed by atoms with Crippen molar-refractivity contribution >= 4 is 44.9 Å². The molecular weight excluding hydrogens is 362 g/mol. The molecule has 1 amide bonds. The van der Waals surface area contributed by atoms with Crippen molar-refractivity contribution in [3.8, 4) is 0 Å². The predicted molar refractivity (Wildman–Crippen MR) is 107 cm³/mol. The number of hydrogen-bond acceptors (Lipinski definition) is 5. The van der Waals surface area contributed by atoms with Crippen molar-refractivity contribution in [2.75, 3.05) is 10.7 Å². The quantitative estimate of drug-likeness (QED) is 0.503. The lowest BCUT2D eigenvalue weighted by Crippen LogP contribution is -2.37. The number of carbonyl (C=O) groups is 1. The molecule has 4 nitrogen and oxygen atoms in total. The van der Waals surface area contributed by atoms with E-state index in [0.29, 0.717) is 5.75 Å². The van der Waals surface area contributed by atoms with Gasteiger partial charge in [0.25, 0.3) is 0 Å². The first-order valence-electron chi connectivity index (χ1n) is 9.00. The van der Waals surface area contributed by atoms with Crippen LogP contribution in [0.5, 0.6) is 0 Å². The number of fused-ring (bicyclic) bond motifs is 4. The van der Waals surface area contributed by atoms with Gasteiger partial charge in [0, 0.05) is 22.0 Å². The number of nitrogens with zero attached hydrogens (tertiary/aromatic N) is 3. The largest absolute Gasteiger partial charge is 0.308 e. The molecule has 1 aliphatic heterocycles. The van der Waals surface area contributed by atoms with E-state index >= 15 is 0 Å². The third-order valence-electron chi connectivity index (χ3n) is 5.27. The Morgan fingerprint density at radius 2 is 2.19 bits per heavy atom. The summed E-state index contributed by atoms with van der Waals surface area (Å²) in [5.74, 6) is 0.571. The lowest BCUT2D eigenvalue weighted by atomic mass is 10.1. The van der Waals surface area contributed by atoms with Crippen LogP contribution in [-0.4, -0.2) is 27.7 Å². The van der Waals surface area contributed by atoms with Crippen LogP contribution < -0.4 is 4.90 Å². The molecule has 1 atom stereocenters. The van der Waals surface area contributed by atoms with Crippen LogP contribution in [-0.2, 0) is 24.1 Å². The molecule has 26 heavy (non-hydrogen) atoms. The molecule has 0 spiro atoms. The van der Waals surface area contributed by atoms with Crippen molar-refractivity contribution in [1.82, 2.24) is 9.97 Å². The molecule has 3 aromatic rings. The molecule has 0 saturated heterocycles. The molecular formula is C20H19N3OS2. The maximum absolute atomic E-state index is 13.0. The van der Waals surface area contributed by atoms with Gasteiger partial charge in [0.2, 0.25) is 5.91 Å². The fourth-order valence-electron chi connectivity index (χ4n) is 4.15. The lowest BCUT2D eigenvalue weighted by molar-refractivity contribution is -0.116. The molecule has 0 saturated carbocycles. The average Bonchev–Trinajstić information content (AvgIpc) is 3.30. The molecule has 1 aromatic carbocycles. The minimum Gasteiger partial charge on any atom is -0.308 e. The third kappa shape index (κ3) is 2.55. The van der Waals surface area contributed by atoms with E-state index in [1.807, 2.05) is 17.0 Å². The number of thiophene rings is 1. The van der Waals surface area contributed by atoms with E-state index in [2.05, 4.69) is 29.0 Å². The van der Waals surface area contributed by atoms with E-state index in [4.69, 9.17) is 0 Å². The van der Waals surface area contributed by atoms with Gasteiger partial charge in [0.1, 0.15) is 16.2 Å². The number of rotatable bonds is 3. The summed E-state index contributed by atoms with van der Waals surface area (Å²) >= 11 is 3.35. The second-order valence-corrected chi connectivity index (χ2v) is 9.00. The van der Waals surface area contributed by atoms with Gasteiger partial charge in [-0.3, -0.25) is 4.79 Å². The van der Waals surface area contributed by atoms with Gasteiger partial charge >= 0.3 is 0 Å². The van der Waals surface area contributed by atoms with Crippen molar-refractivity contribution in [2.45, 2.75) is 43.7 Å². The number of para-hydroxylation sites is 1. The summed E-state index contributed by atoms with van der Waals surface area (Å²) in [4.78, 5) is 26.4. The van der Waals surface area contributed by atoms with Gasteiger partial charge in [-0.2, -0.15) is 0 Å². The van der Waals surface area contributed by atoms with Crippen molar-refractivity contribution < 1.29 is 4.79 Å². The first-order chi connectivity index (χ1) is 12.7. The molecule has 132 valence electrons. The molecule has 0 radical (unpaired) electrons. The highest BCUT2D eigenvalue weighted by molar-refractivity contribution is 8.00. The molecule has 0 bridgehead atoms. The van der Waals surface area contributed by atoms with Crippen molar-refractivity contribution in [1.29, 1.82) is 0 Å². The number of benzene rings is 1. The minimum absolute atomic E-state index is 0.158. The molecule has 5 rings (SSSR count). The summed E-state index contributed by atoms with van der Waals surface area (Å²) in [5, 5.41) is 2.15. The zero-order chi connectivity index (χ0) is 17.7. The molecule has 3 heterocycles. The Bertz CT molecular complexity index is 1010. The van der Waals surface area contributed by atoms with E-state index in [0.717, 1.165) is 34.8 Å². The van der Waals surface area contributed by atoms with Crippen LogP contribution in [0.25, 0.3) is 10.2 Å². The summed E-state index contributed by atoms with van der Waals surface area (Å²) in [6, 6.07) is 8.44. The number of aromatic nitrogens is 2. The van der Waals surface area contributed by atoms with Gasteiger partial charge in [0.05, 0.1) is 5.75 Å². The number of anilines is 1. The first kappa shape index (κ1) is 16.3. The highest BCUT2D eigenvalue weighted by atomic mass is 32.2. The lowest BCUT2D eigenvalue weighted by Gasteiger charge is -2.22. The molecule has 2 aromatic heterocycles. The van der Waals surface area contributed by atoms with E-state index in [9.17, 15) is 4.79 Å². The van der Waals surface area contributed by atoms with Gasteiger partial charge in [-0.15, -0.1) is 11.3 Å². The second kappa shape index (κ2) is 6.35. The Morgan fingerprint density at radius 1 is 1.31 bits per heavy atom. The van der Waals surface area contributed by atoms with Crippen LogP contribution in [0.1, 0.15) is 29.3 Å². The summed E-state index contributed by atoms with van der Waals surface area (Å²) in [6.45, 7) is 2.12. The SMILES string of the molecule is CC1Cc2ccccc2N1C(=O)CSc1ncnc2sc3c(c12)CCC3. The fourth-order valence-corrected chi connectivity index (χ4v) is 6.33. The maximum atomic E-state index is 13.0. The van der Waals surface area contributed by atoms with Crippen LogP contribution in [0.15, 0.2) is 35.6 Å².